The maximum atomic E-state index is 6.52. The molecule has 2 nitrogen and oxygen atoms in total. The van der Waals surface area contributed by atoms with Crippen molar-refractivity contribution in [1.82, 2.24) is 0 Å². The van der Waals surface area contributed by atoms with Crippen molar-refractivity contribution in [3.8, 4) is 56.0 Å². The molecule has 0 unspecified atom stereocenters. The molecule has 59 heavy (non-hydrogen) atoms. The first kappa shape index (κ1) is 32.4. The fraction of sp³-hybridized carbons (Fsp3) is 0.0175. The van der Waals surface area contributed by atoms with Crippen LogP contribution in [-0.4, -0.2) is 0 Å². The van der Waals surface area contributed by atoms with E-state index < -0.39 is 5.41 Å². The smallest absolute Gasteiger partial charge is 0.135 e. The summed E-state index contributed by atoms with van der Waals surface area (Å²) in [5.41, 5.74) is 15.9. The molecule has 1 aliphatic heterocycles. The summed E-state index contributed by atoms with van der Waals surface area (Å²) in [6.07, 6.45) is 0. The van der Waals surface area contributed by atoms with Gasteiger partial charge in [0.05, 0.1) is 5.41 Å². The van der Waals surface area contributed by atoms with Crippen molar-refractivity contribution in [3.63, 3.8) is 0 Å². The second kappa shape index (κ2) is 12.2. The van der Waals surface area contributed by atoms with Gasteiger partial charge in [-0.2, -0.15) is 0 Å². The van der Waals surface area contributed by atoms with Gasteiger partial charge in [-0.1, -0.05) is 152 Å². The zero-order chi connectivity index (χ0) is 38.7. The lowest BCUT2D eigenvalue weighted by molar-refractivity contribution is 0.487. The van der Waals surface area contributed by atoms with Gasteiger partial charge in [0.25, 0.3) is 0 Å². The molecule has 2 heterocycles. The van der Waals surface area contributed by atoms with Gasteiger partial charge in [0.2, 0.25) is 0 Å². The number of hydrogen-bond acceptors (Lipinski definition) is 2. The molecule has 2 heteroatoms. The first-order chi connectivity index (χ1) is 29.2. The second-order valence-corrected chi connectivity index (χ2v) is 15.9. The predicted octanol–water partition coefficient (Wildman–Crippen LogP) is 15.4. The number of ether oxygens (including phenoxy) is 1. The highest BCUT2D eigenvalue weighted by molar-refractivity contribution is 6.09. The third-order valence-electron chi connectivity index (χ3n) is 12.9. The molecular weight excluding hydrogens is 717 g/mol. The summed E-state index contributed by atoms with van der Waals surface area (Å²) in [6.45, 7) is 0. The molecule has 0 radical (unpaired) electrons. The van der Waals surface area contributed by atoms with E-state index in [4.69, 9.17) is 9.15 Å². The molecule has 274 valence electrons. The topological polar surface area (TPSA) is 22.4 Å². The van der Waals surface area contributed by atoms with E-state index in [1.165, 1.54) is 77.2 Å². The summed E-state index contributed by atoms with van der Waals surface area (Å²) in [7, 11) is 0. The van der Waals surface area contributed by atoms with Gasteiger partial charge in [-0.05, 0) is 132 Å². The zero-order valence-corrected chi connectivity index (χ0v) is 31.9. The number of fused-ring (bicyclic) bond motifs is 9. The number of furan rings is 1. The molecule has 0 saturated heterocycles. The van der Waals surface area contributed by atoms with Crippen molar-refractivity contribution >= 4 is 43.5 Å². The molecule has 1 aromatic heterocycles. The van der Waals surface area contributed by atoms with Crippen LogP contribution in [0.1, 0.15) is 22.3 Å². The van der Waals surface area contributed by atoms with Gasteiger partial charge >= 0.3 is 0 Å². The Labute approximate surface area is 341 Å². The molecule has 0 fully saturated rings. The van der Waals surface area contributed by atoms with E-state index in [2.05, 4.69) is 194 Å². The molecule has 2 aliphatic rings. The molecule has 0 saturated carbocycles. The fourth-order valence-electron chi connectivity index (χ4n) is 10.3. The molecule has 0 spiro atoms. The average Bonchev–Trinajstić information content (AvgIpc) is 3.81. The van der Waals surface area contributed by atoms with Gasteiger partial charge in [-0.3, -0.25) is 0 Å². The van der Waals surface area contributed by atoms with Crippen molar-refractivity contribution in [2.75, 3.05) is 0 Å². The Morgan fingerprint density at radius 1 is 0.322 bits per heavy atom. The highest BCUT2D eigenvalue weighted by atomic mass is 16.5. The van der Waals surface area contributed by atoms with Gasteiger partial charge in [0.15, 0.2) is 0 Å². The van der Waals surface area contributed by atoms with Gasteiger partial charge in [0, 0.05) is 21.7 Å². The van der Waals surface area contributed by atoms with E-state index in [0.717, 1.165) is 44.6 Å². The Bertz CT molecular complexity index is 3480. The van der Waals surface area contributed by atoms with Gasteiger partial charge < -0.3 is 9.15 Å². The van der Waals surface area contributed by atoms with Crippen LogP contribution >= 0.6 is 0 Å². The van der Waals surface area contributed by atoms with Crippen LogP contribution in [0.15, 0.2) is 211 Å². The Morgan fingerprint density at radius 2 is 0.983 bits per heavy atom. The molecule has 10 aromatic carbocycles. The minimum Gasteiger partial charge on any atom is -0.456 e. The summed E-state index contributed by atoms with van der Waals surface area (Å²) in [5, 5.41) is 7.07. The van der Waals surface area contributed by atoms with E-state index in [-0.39, 0.29) is 0 Å². The predicted molar refractivity (Wildman–Crippen MR) is 242 cm³/mol. The molecule has 13 rings (SSSR count). The monoisotopic (exact) mass is 750 g/mol. The quantitative estimate of drug-likeness (QED) is 0.179. The Hall–Kier alpha value is -7.68. The largest absolute Gasteiger partial charge is 0.456 e. The summed E-state index contributed by atoms with van der Waals surface area (Å²) in [4.78, 5) is 0. The van der Waals surface area contributed by atoms with Crippen LogP contribution in [0.2, 0.25) is 0 Å². The normalized spacial score (nSPS) is 13.4. The van der Waals surface area contributed by atoms with Crippen molar-refractivity contribution in [2.45, 2.75) is 5.41 Å². The highest BCUT2D eigenvalue weighted by Gasteiger charge is 2.46. The van der Waals surface area contributed by atoms with E-state index in [1.807, 2.05) is 12.1 Å². The van der Waals surface area contributed by atoms with Crippen molar-refractivity contribution in [1.29, 1.82) is 0 Å². The van der Waals surface area contributed by atoms with Crippen LogP contribution in [-0.2, 0) is 5.41 Å². The summed E-state index contributed by atoms with van der Waals surface area (Å²) < 4.78 is 12.8. The van der Waals surface area contributed by atoms with Crippen molar-refractivity contribution in [3.05, 3.63) is 229 Å². The first-order valence-corrected chi connectivity index (χ1v) is 20.3. The van der Waals surface area contributed by atoms with E-state index in [0.29, 0.717) is 0 Å². The van der Waals surface area contributed by atoms with Crippen LogP contribution in [0.3, 0.4) is 0 Å². The lowest BCUT2D eigenvalue weighted by Crippen LogP contribution is -2.28. The van der Waals surface area contributed by atoms with Gasteiger partial charge in [0.1, 0.15) is 22.7 Å². The van der Waals surface area contributed by atoms with Crippen LogP contribution in [0.5, 0.6) is 11.5 Å². The third-order valence-corrected chi connectivity index (χ3v) is 12.9. The fourth-order valence-corrected chi connectivity index (χ4v) is 10.3. The first-order valence-electron chi connectivity index (χ1n) is 20.3. The molecule has 0 N–H and O–H groups in total. The molecule has 0 amide bonds. The van der Waals surface area contributed by atoms with Crippen LogP contribution in [0.25, 0.3) is 88.0 Å². The van der Waals surface area contributed by atoms with Crippen LogP contribution in [0, 0.1) is 0 Å². The lowest BCUT2D eigenvalue weighted by Gasteiger charge is -2.34. The molecule has 0 bridgehead atoms. The van der Waals surface area contributed by atoms with Crippen LogP contribution in [0.4, 0.5) is 0 Å². The minimum atomic E-state index is -0.572. The van der Waals surface area contributed by atoms with Gasteiger partial charge in [-0.15, -0.1) is 0 Å². The SMILES string of the molecule is c1ccc(C2(c3ccccc3)c3cc(-c4ccc5c(c4)-c4cccc6cccc(c46)O5)ccc3-c3cc4cccc(-c5ccc6oc7ccccc7c6c5)c4cc32)cc1. The maximum absolute atomic E-state index is 6.52. The minimum absolute atomic E-state index is 0.572. The third kappa shape index (κ3) is 4.57. The Kier molecular flexibility index (Phi) is 6.68. The zero-order valence-electron chi connectivity index (χ0n) is 31.9. The highest BCUT2D eigenvalue weighted by Crippen LogP contribution is 2.58. The Morgan fingerprint density at radius 3 is 1.81 bits per heavy atom. The molecule has 1 aliphatic carbocycles. The number of rotatable bonds is 4. The molecule has 0 atom stereocenters. The second-order valence-electron chi connectivity index (χ2n) is 15.9. The number of benzene rings is 10. The lowest BCUT2D eigenvalue weighted by atomic mass is 9.67. The number of para-hydroxylation sites is 1. The standard InChI is InChI=1S/C57H34O2/c1-3-15-40(16-4-1)57(41-17-5-2-6-18-41)50-33-37(36-25-28-54-49(30-36)45-21-9-12-35-13-11-23-55(59-54)56(35)45)24-27-43(50)47-31-38-14-10-20-42(46(38)34-51(47)57)39-26-29-53-48(32-39)44-19-7-8-22-52(44)58-53/h1-34H. The summed E-state index contributed by atoms with van der Waals surface area (Å²) in [6, 6.07) is 75.4. The van der Waals surface area contributed by atoms with Gasteiger partial charge in [-0.25, -0.2) is 0 Å². The van der Waals surface area contributed by atoms with E-state index in [1.54, 1.807) is 0 Å². The van der Waals surface area contributed by atoms with Crippen molar-refractivity contribution in [2.24, 2.45) is 0 Å². The average molecular weight is 751 g/mol. The molecular formula is C57H34O2. The van der Waals surface area contributed by atoms with E-state index in [9.17, 15) is 0 Å². The van der Waals surface area contributed by atoms with Crippen molar-refractivity contribution < 1.29 is 9.15 Å². The van der Waals surface area contributed by atoms with Crippen LogP contribution < -0.4 is 4.74 Å². The van der Waals surface area contributed by atoms with E-state index >= 15 is 0 Å². The maximum Gasteiger partial charge on any atom is 0.135 e. The summed E-state index contributed by atoms with van der Waals surface area (Å²) >= 11 is 0. The molecule has 11 aromatic rings. The summed E-state index contributed by atoms with van der Waals surface area (Å²) in [5.74, 6) is 1.80. The Balaban J connectivity index is 1.05. The number of hydrogen-bond donors (Lipinski definition) is 0.